The third-order valence-electron chi connectivity index (χ3n) is 4.18. The molecule has 1 fully saturated rings. The highest BCUT2D eigenvalue weighted by atomic mass is 16.5. The number of nitrogens with two attached hydrogens (primary N) is 1. The molecule has 0 spiro atoms. The van der Waals surface area contributed by atoms with Crippen molar-refractivity contribution in [1.82, 2.24) is 0 Å². The molecule has 0 unspecified atom stereocenters. The predicted molar refractivity (Wildman–Crippen MR) is 76.0 cm³/mol. The van der Waals surface area contributed by atoms with E-state index in [-0.39, 0.29) is 5.41 Å². The molecule has 1 aromatic rings. The molecule has 1 aliphatic carbocycles. The van der Waals surface area contributed by atoms with Crippen LogP contribution in [0.15, 0.2) is 24.3 Å². The van der Waals surface area contributed by atoms with Crippen LogP contribution in [0.4, 0.5) is 0 Å². The molecule has 0 amide bonds. The molecule has 0 radical (unpaired) electrons. The summed E-state index contributed by atoms with van der Waals surface area (Å²) in [7, 11) is 0. The van der Waals surface area contributed by atoms with Gasteiger partial charge in [-0.1, -0.05) is 38.3 Å². The Morgan fingerprint density at radius 3 is 2.39 bits per heavy atom. The second kappa shape index (κ2) is 6.24. The van der Waals surface area contributed by atoms with Crippen LogP contribution in [-0.2, 0) is 5.41 Å². The van der Waals surface area contributed by atoms with E-state index in [1.165, 1.54) is 37.7 Å². The monoisotopic (exact) mass is 247 g/mol. The number of benzene rings is 1. The van der Waals surface area contributed by atoms with Gasteiger partial charge in [-0.2, -0.15) is 0 Å². The maximum Gasteiger partial charge on any atom is 0.119 e. The number of unbranched alkanes of at least 4 members (excludes halogenated alkanes) is 1. The van der Waals surface area contributed by atoms with Gasteiger partial charge in [0.2, 0.25) is 0 Å². The van der Waals surface area contributed by atoms with Crippen LogP contribution in [0.5, 0.6) is 5.75 Å². The maximum atomic E-state index is 6.01. The van der Waals surface area contributed by atoms with Gasteiger partial charge in [0.1, 0.15) is 5.75 Å². The molecule has 100 valence electrons. The molecule has 1 aromatic carbocycles. The van der Waals surface area contributed by atoms with Crippen LogP contribution in [0.3, 0.4) is 0 Å². The second-order valence-electron chi connectivity index (χ2n) is 5.42. The number of rotatable bonds is 6. The molecule has 2 heteroatoms. The predicted octanol–water partition coefficient (Wildman–Crippen LogP) is 3.64. The van der Waals surface area contributed by atoms with E-state index >= 15 is 0 Å². The molecule has 1 aliphatic rings. The van der Waals surface area contributed by atoms with Crippen LogP contribution >= 0.6 is 0 Å². The van der Waals surface area contributed by atoms with Gasteiger partial charge in [-0.05, 0) is 37.0 Å². The van der Waals surface area contributed by atoms with Crippen LogP contribution in [-0.4, -0.2) is 13.2 Å². The van der Waals surface area contributed by atoms with Crippen LogP contribution < -0.4 is 10.5 Å². The summed E-state index contributed by atoms with van der Waals surface area (Å²) in [5.74, 6) is 0.984. The largest absolute Gasteiger partial charge is 0.494 e. The molecule has 0 bridgehead atoms. The lowest BCUT2D eigenvalue weighted by molar-refractivity contribution is 0.309. The summed E-state index contributed by atoms with van der Waals surface area (Å²) in [5, 5.41) is 0. The lowest BCUT2D eigenvalue weighted by Crippen LogP contribution is -2.31. The van der Waals surface area contributed by atoms with Crippen molar-refractivity contribution in [2.24, 2.45) is 5.73 Å². The third-order valence-corrected chi connectivity index (χ3v) is 4.18. The quantitative estimate of drug-likeness (QED) is 0.779. The lowest BCUT2D eigenvalue weighted by Gasteiger charge is -2.28. The van der Waals surface area contributed by atoms with E-state index in [9.17, 15) is 0 Å². The summed E-state index contributed by atoms with van der Waals surface area (Å²) in [6, 6.07) is 8.61. The van der Waals surface area contributed by atoms with Gasteiger partial charge in [-0.3, -0.25) is 0 Å². The average molecular weight is 247 g/mol. The summed E-state index contributed by atoms with van der Waals surface area (Å²) >= 11 is 0. The van der Waals surface area contributed by atoms with Crippen LogP contribution in [0.25, 0.3) is 0 Å². The van der Waals surface area contributed by atoms with E-state index in [1.807, 2.05) is 0 Å². The fraction of sp³-hybridized carbons (Fsp3) is 0.625. The van der Waals surface area contributed by atoms with E-state index in [0.717, 1.165) is 25.3 Å². The van der Waals surface area contributed by atoms with Gasteiger partial charge in [0, 0.05) is 12.0 Å². The topological polar surface area (TPSA) is 35.2 Å². The van der Waals surface area contributed by atoms with E-state index in [1.54, 1.807) is 0 Å². The van der Waals surface area contributed by atoms with Gasteiger partial charge in [0.25, 0.3) is 0 Å². The first-order valence-electron chi connectivity index (χ1n) is 7.24. The Bertz CT molecular complexity index is 352. The van der Waals surface area contributed by atoms with Gasteiger partial charge >= 0.3 is 0 Å². The van der Waals surface area contributed by atoms with Crippen LogP contribution in [0.2, 0.25) is 0 Å². The summed E-state index contributed by atoms with van der Waals surface area (Å²) in [6.45, 7) is 3.76. The summed E-state index contributed by atoms with van der Waals surface area (Å²) in [5.41, 5.74) is 7.64. The fourth-order valence-corrected chi connectivity index (χ4v) is 2.90. The lowest BCUT2D eigenvalue weighted by atomic mass is 9.79. The van der Waals surface area contributed by atoms with Gasteiger partial charge in [0.15, 0.2) is 0 Å². The van der Waals surface area contributed by atoms with Crippen molar-refractivity contribution in [3.8, 4) is 5.75 Å². The van der Waals surface area contributed by atoms with Crippen molar-refractivity contribution in [1.29, 1.82) is 0 Å². The van der Waals surface area contributed by atoms with Crippen molar-refractivity contribution in [2.75, 3.05) is 13.2 Å². The smallest absolute Gasteiger partial charge is 0.119 e. The van der Waals surface area contributed by atoms with Crippen LogP contribution in [0.1, 0.15) is 51.0 Å². The molecular formula is C16H25NO. The number of ether oxygens (including phenoxy) is 1. The zero-order chi connectivity index (χ0) is 12.8. The fourth-order valence-electron chi connectivity index (χ4n) is 2.90. The van der Waals surface area contributed by atoms with E-state index in [4.69, 9.17) is 10.5 Å². The summed E-state index contributed by atoms with van der Waals surface area (Å²) in [6.07, 6.45) is 7.39. The Balaban J connectivity index is 2.02. The van der Waals surface area contributed by atoms with E-state index in [0.29, 0.717) is 0 Å². The Morgan fingerprint density at radius 1 is 1.17 bits per heavy atom. The first-order chi connectivity index (χ1) is 8.80. The highest BCUT2D eigenvalue weighted by Gasteiger charge is 2.33. The normalized spacial score (nSPS) is 17.9. The SMILES string of the molecule is CCCCOc1ccc(C2(CN)CCCC2)cc1. The molecular weight excluding hydrogens is 222 g/mol. The zero-order valence-corrected chi connectivity index (χ0v) is 11.5. The van der Waals surface area contributed by atoms with E-state index in [2.05, 4.69) is 31.2 Å². The Morgan fingerprint density at radius 2 is 1.83 bits per heavy atom. The molecule has 2 N–H and O–H groups in total. The van der Waals surface area contributed by atoms with Crippen molar-refractivity contribution < 1.29 is 4.74 Å². The van der Waals surface area contributed by atoms with Gasteiger partial charge in [-0.25, -0.2) is 0 Å². The van der Waals surface area contributed by atoms with E-state index < -0.39 is 0 Å². The number of hydrogen-bond acceptors (Lipinski definition) is 2. The molecule has 0 saturated heterocycles. The Kier molecular flexibility index (Phi) is 4.65. The number of hydrogen-bond donors (Lipinski definition) is 1. The molecule has 2 rings (SSSR count). The maximum absolute atomic E-state index is 6.01. The molecule has 0 aromatic heterocycles. The second-order valence-corrected chi connectivity index (χ2v) is 5.42. The van der Waals surface area contributed by atoms with Crippen molar-refractivity contribution in [2.45, 2.75) is 50.9 Å². The minimum Gasteiger partial charge on any atom is -0.494 e. The molecule has 0 aliphatic heterocycles. The molecule has 18 heavy (non-hydrogen) atoms. The molecule has 1 saturated carbocycles. The Hall–Kier alpha value is -1.02. The minimum absolute atomic E-state index is 0.238. The van der Waals surface area contributed by atoms with Crippen molar-refractivity contribution in [3.05, 3.63) is 29.8 Å². The first-order valence-corrected chi connectivity index (χ1v) is 7.24. The van der Waals surface area contributed by atoms with Gasteiger partial charge < -0.3 is 10.5 Å². The average Bonchev–Trinajstić information content (AvgIpc) is 2.90. The molecule has 2 nitrogen and oxygen atoms in total. The summed E-state index contributed by atoms with van der Waals surface area (Å²) in [4.78, 5) is 0. The minimum atomic E-state index is 0.238. The standard InChI is InChI=1S/C16H25NO/c1-2-3-12-18-15-8-6-14(7-9-15)16(13-17)10-4-5-11-16/h6-9H,2-5,10-13,17H2,1H3. The molecule has 0 atom stereocenters. The van der Waals surface area contributed by atoms with Gasteiger partial charge in [-0.15, -0.1) is 0 Å². The molecule has 0 heterocycles. The highest BCUT2D eigenvalue weighted by Crippen LogP contribution is 2.40. The third kappa shape index (κ3) is 2.86. The summed E-state index contributed by atoms with van der Waals surface area (Å²) < 4.78 is 5.70. The Labute approximate surface area is 111 Å². The van der Waals surface area contributed by atoms with Crippen molar-refractivity contribution in [3.63, 3.8) is 0 Å². The van der Waals surface area contributed by atoms with Crippen molar-refractivity contribution >= 4 is 0 Å². The van der Waals surface area contributed by atoms with Crippen LogP contribution in [0, 0.1) is 0 Å². The zero-order valence-electron chi connectivity index (χ0n) is 11.5. The van der Waals surface area contributed by atoms with Gasteiger partial charge in [0.05, 0.1) is 6.61 Å². The first kappa shape index (κ1) is 13.4. The highest BCUT2D eigenvalue weighted by molar-refractivity contribution is 5.33.